The number of nitrogens with zero attached hydrogens (tertiary/aromatic N) is 4. The first kappa shape index (κ1) is 18.9. The van der Waals surface area contributed by atoms with Crippen molar-refractivity contribution in [3.63, 3.8) is 0 Å². The van der Waals surface area contributed by atoms with E-state index in [-0.39, 0.29) is 5.91 Å². The topological polar surface area (TPSA) is 41.4 Å². The molecule has 6 heteroatoms. The molecule has 0 bridgehead atoms. The van der Waals surface area contributed by atoms with Gasteiger partial charge < -0.3 is 14.4 Å². The van der Waals surface area contributed by atoms with Gasteiger partial charge in [-0.1, -0.05) is 48.5 Å². The minimum absolute atomic E-state index is 0.217. The van der Waals surface area contributed by atoms with E-state index in [1.54, 1.807) is 11.3 Å². The molecule has 0 N–H and O–H groups in total. The van der Waals surface area contributed by atoms with Crippen molar-refractivity contribution in [1.29, 1.82) is 0 Å². The van der Waals surface area contributed by atoms with E-state index >= 15 is 0 Å². The zero-order chi connectivity index (χ0) is 20.3. The van der Waals surface area contributed by atoms with Gasteiger partial charge in [0, 0.05) is 31.1 Å². The number of benzene rings is 2. The molecule has 152 valence electrons. The molecule has 1 saturated heterocycles. The molecule has 0 atom stereocenters. The highest BCUT2D eigenvalue weighted by Crippen LogP contribution is 2.25. The van der Waals surface area contributed by atoms with Crippen molar-refractivity contribution in [2.45, 2.75) is 13.0 Å². The first-order valence-electron chi connectivity index (χ1n) is 10.3. The Balaban J connectivity index is 1.35. The number of imidazole rings is 1. The number of aromatic nitrogens is 2. The number of thiophene rings is 1. The van der Waals surface area contributed by atoms with Gasteiger partial charge in [-0.05, 0) is 29.1 Å². The Morgan fingerprint density at radius 1 is 0.900 bits per heavy atom. The predicted octanol–water partition coefficient (Wildman–Crippen LogP) is 4.04. The zero-order valence-corrected chi connectivity index (χ0v) is 17.6. The monoisotopic (exact) mass is 416 g/mol. The Bertz CT molecular complexity index is 1130. The Morgan fingerprint density at radius 2 is 1.67 bits per heavy atom. The van der Waals surface area contributed by atoms with E-state index in [4.69, 9.17) is 4.98 Å². The Morgan fingerprint density at radius 3 is 2.43 bits per heavy atom. The van der Waals surface area contributed by atoms with Crippen LogP contribution in [0, 0.1) is 0 Å². The van der Waals surface area contributed by atoms with Gasteiger partial charge in [0.15, 0.2) is 0 Å². The van der Waals surface area contributed by atoms with Gasteiger partial charge in [-0.25, -0.2) is 4.98 Å². The van der Waals surface area contributed by atoms with Crippen molar-refractivity contribution in [2.75, 3.05) is 31.1 Å². The van der Waals surface area contributed by atoms with Crippen molar-refractivity contribution in [1.82, 2.24) is 14.5 Å². The number of fused-ring (bicyclic) bond motifs is 1. The second kappa shape index (κ2) is 8.32. The maximum atomic E-state index is 12.7. The second-order valence-electron chi connectivity index (χ2n) is 7.60. The molecule has 2 aromatic carbocycles. The summed E-state index contributed by atoms with van der Waals surface area (Å²) in [6.45, 7) is 3.86. The maximum absolute atomic E-state index is 12.7. The summed E-state index contributed by atoms with van der Waals surface area (Å²) in [5, 5.41) is 2.03. The number of para-hydroxylation sites is 2. The number of hydrogen-bond acceptors (Lipinski definition) is 4. The van der Waals surface area contributed by atoms with Crippen LogP contribution in [0.2, 0.25) is 0 Å². The van der Waals surface area contributed by atoms with Crippen molar-refractivity contribution in [3.05, 3.63) is 82.6 Å². The van der Waals surface area contributed by atoms with Crippen LogP contribution in [0.25, 0.3) is 11.0 Å². The average Bonchev–Trinajstić information content (AvgIpc) is 3.43. The molecule has 1 fully saturated rings. The average molecular weight is 417 g/mol. The first-order chi connectivity index (χ1) is 14.8. The third-order valence-electron chi connectivity index (χ3n) is 5.64. The lowest BCUT2D eigenvalue weighted by molar-refractivity contribution is -0.130. The molecule has 0 radical (unpaired) electrons. The van der Waals surface area contributed by atoms with Gasteiger partial charge in [-0.2, -0.15) is 0 Å². The highest BCUT2D eigenvalue weighted by Gasteiger charge is 2.25. The SMILES string of the molecule is O=C(Cc1cccs1)N1CCN(c2nc3ccccc3n2Cc2ccccc2)CC1. The van der Waals surface area contributed by atoms with E-state index in [9.17, 15) is 4.79 Å². The fraction of sp³-hybridized carbons (Fsp3) is 0.250. The summed E-state index contributed by atoms with van der Waals surface area (Å²) in [6, 6.07) is 22.8. The normalized spacial score (nSPS) is 14.4. The Hall–Kier alpha value is -3.12. The lowest BCUT2D eigenvalue weighted by Gasteiger charge is -2.35. The fourth-order valence-electron chi connectivity index (χ4n) is 4.06. The molecule has 0 saturated carbocycles. The molecule has 2 aromatic heterocycles. The fourth-order valence-corrected chi connectivity index (χ4v) is 4.75. The molecule has 3 heterocycles. The van der Waals surface area contributed by atoms with Crippen LogP contribution in [0.4, 0.5) is 5.95 Å². The highest BCUT2D eigenvalue weighted by molar-refractivity contribution is 7.10. The van der Waals surface area contributed by atoms with Crippen LogP contribution in [0.3, 0.4) is 0 Å². The number of rotatable bonds is 5. The summed E-state index contributed by atoms with van der Waals surface area (Å²) < 4.78 is 2.30. The highest BCUT2D eigenvalue weighted by atomic mass is 32.1. The smallest absolute Gasteiger partial charge is 0.227 e. The van der Waals surface area contributed by atoms with E-state index in [0.717, 1.165) is 54.6 Å². The maximum Gasteiger partial charge on any atom is 0.227 e. The second-order valence-corrected chi connectivity index (χ2v) is 8.63. The summed E-state index contributed by atoms with van der Waals surface area (Å²) in [7, 11) is 0. The molecule has 1 amide bonds. The van der Waals surface area contributed by atoms with Gasteiger partial charge >= 0.3 is 0 Å². The molecule has 1 aliphatic heterocycles. The lowest BCUT2D eigenvalue weighted by atomic mass is 10.2. The Labute approximate surface area is 180 Å². The number of carbonyl (C=O) groups is 1. The molecule has 5 rings (SSSR count). The molecule has 4 aromatic rings. The third kappa shape index (κ3) is 3.83. The summed E-state index contributed by atoms with van der Waals surface area (Å²) in [5.41, 5.74) is 3.42. The predicted molar refractivity (Wildman–Crippen MR) is 122 cm³/mol. The minimum Gasteiger partial charge on any atom is -0.339 e. The number of amides is 1. The van der Waals surface area contributed by atoms with Crippen LogP contribution in [-0.2, 0) is 17.8 Å². The molecule has 0 unspecified atom stereocenters. The quantitative estimate of drug-likeness (QED) is 0.493. The van der Waals surface area contributed by atoms with E-state index in [1.807, 2.05) is 34.5 Å². The van der Waals surface area contributed by atoms with Gasteiger partial charge in [-0.3, -0.25) is 4.79 Å². The minimum atomic E-state index is 0.217. The van der Waals surface area contributed by atoms with Crippen molar-refractivity contribution < 1.29 is 4.79 Å². The standard InChI is InChI=1S/C24H24N4OS/c29-23(17-20-9-6-16-30-20)26-12-14-27(15-13-26)24-25-21-10-4-5-11-22(21)28(24)18-19-7-2-1-3-8-19/h1-11,16H,12-15,17-18H2. The van der Waals surface area contributed by atoms with E-state index in [1.165, 1.54) is 5.56 Å². The van der Waals surface area contributed by atoms with Gasteiger partial charge in [0.25, 0.3) is 0 Å². The largest absolute Gasteiger partial charge is 0.339 e. The molecular formula is C24H24N4OS. The lowest BCUT2D eigenvalue weighted by Crippen LogP contribution is -2.49. The van der Waals surface area contributed by atoms with Crippen LogP contribution in [0.1, 0.15) is 10.4 Å². The van der Waals surface area contributed by atoms with Crippen LogP contribution in [0.15, 0.2) is 72.1 Å². The summed E-state index contributed by atoms with van der Waals surface area (Å²) in [5.74, 6) is 1.21. The van der Waals surface area contributed by atoms with E-state index in [0.29, 0.717) is 6.42 Å². The first-order valence-corrected chi connectivity index (χ1v) is 11.2. The summed E-state index contributed by atoms with van der Waals surface area (Å²) in [4.78, 5) is 23.0. The van der Waals surface area contributed by atoms with Gasteiger partial charge in [0.1, 0.15) is 0 Å². The van der Waals surface area contributed by atoms with Crippen molar-refractivity contribution in [3.8, 4) is 0 Å². The van der Waals surface area contributed by atoms with E-state index in [2.05, 4.69) is 51.9 Å². The molecular weight excluding hydrogens is 392 g/mol. The van der Waals surface area contributed by atoms with Crippen LogP contribution in [-0.4, -0.2) is 46.5 Å². The number of hydrogen-bond donors (Lipinski definition) is 0. The summed E-state index contributed by atoms with van der Waals surface area (Å²) >= 11 is 1.65. The van der Waals surface area contributed by atoms with Gasteiger partial charge in [0.05, 0.1) is 24.0 Å². The molecule has 0 aliphatic carbocycles. The van der Waals surface area contributed by atoms with Crippen molar-refractivity contribution >= 4 is 34.2 Å². The molecule has 1 aliphatic rings. The third-order valence-corrected chi connectivity index (χ3v) is 6.52. The van der Waals surface area contributed by atoms with Crippen LogP contribution < -0.4 is 4.90 Å². The zero-order valence-electron chi connectivity index (χ0n) is 16.8. The van der Waals surface area contributed by atoms with Gasteiger partial charge in [0.2, 0.25) is 11.9 Å². The number of anilines is 1. The Kier molecular flexibility index (Phi) is 5.24. The molecule has 30 heavy (non-hydrogen) atoms. The molecule has 0 spiro atoms. The molecule has 5 nitrogen and oxygen atoms in total. The van der Waals surface area contributed by atoms with Crippen molar-refractivity contribution in [2.24, 2.45) is 0 Å². The van der Waals surface area contributed by atoms with E-state index < -0.39 is 0 Å². The van der Waals surface area contributed by atoms with Crippen LogP contribution in [0.5, 0.6) is 0 Å². The number of piperazine rings is 1. The van der Waals surface area contributed by atoms with Crippen LogP contribution >= 0.6 is 11.3 Å². The van der Waals surface area contributed by atoms with Gasteiger partial charge in [-0.15, -0.1) is 11.3 Å². The number of carbonyl (C=O) groups excluding carboxylic acids is 1. The summed E-state index contributed by atoms with van der Waals surface area (Å²) in [6.07, 6.45) is 0.504.